The lowest BCUT2D eigenvalue weighted by atomic mass is 9.97. The summed E-state index contributed by atoms with van der Waals surface area (Å²) in [7, 11) is 0. The van der Waals surface area contributed by atoms with E-state index in [0.717, 1.165) is 26.1 Å². The molecule has 0 saturated heterocycles. The average Bonchev–Trinajstić information content (AvgIpc) is 2.41. The van der Waals surface area contributed by atoms with Crippen LogP contribution in [0.3, 0.4) is 0 Å². The van der Waals surface area contributed by atoms with Gasteiger partial charge in [0, 0.05) is 19.6 Å². The van der Waals surface area contributed by atoms with Crippen LogP contribution in [0, 0.1) is 12.7 Å². The molecular formula is C17H18FN. The third-order valence-electron chi connectivity index (χ3n) is 3.77. The Morgan fingerprint density at radius 3 is 2.63 bits per heavy atom. The van der Waals surface area contributed by atoms with Crippen molar-refractivity contribution in [3.05, 3.63) is 70.5 Å². The Labute approximate surface area is 113 Å². The lowest BCUT2D eigenvalue weighted by Crippen LogP contribution is -2.30. The molecule has 98 valence electrons. The summed E-state index contributed by atoms with van der Waals surface area (Å²) in [4.78, 5) is 2.43. The van der Waals surface area contributed by atoms with Gasteiger partial charge in [0.05, 0.1) is 0 Å². The zero-order valence-corrected chi connectivity index (χ0v) is 11.2. The molecule has 0 atom stereocenters. The highest BCUT2D eigenvalue weighted by molar-refractivity contribution is 5.33. The Morgan fingerprint density at radius 1 is 1.05 bits per heavy atom. The molecular weight excluding hydrogens is 237 g/mol. The van der Waals surface area contributed by atoms with Crippen molar-refractivity contribution in [3.8, 4) is 0 Å². The highest BCUT2D eigenvalue weighted by Crippen LogP contribution is 2.21. The predicted octanol–water partition coefficient (Wildman–Crippen LogP) is 3.69. The molecule has 1 aliphatic heterocycles. The highest BCUT2D eigenvalue weighted by atomic mass is 19.1. The molecule has 0 aromatic heterocycles. The SMILES string of the molecule is Cc1ccc2c(c1)CN(Cc1ccc(F)cc1)CC2. The first-order valence-corrected chi connectivity index (χ1v) is 6.76. The van der Waals surface area contributed by atoms with Crippen molar-refractivity contribution in [1.82, 2.24) is 4.90 Å². The van der Waals surface area contributed by atoms with Crippen LogP contribution in [0.15, 0.2) is 42.5 Å². The first-order valence-electron chi connectivity index (χ1n) is 6.76. The fourth-order valence-corrected chi connectivity index (χ4v) is 2.73. The van der Waals surface area contributed by atoms with Crippen LogP contribution >= 0.6 is 0 Å². The van der Waals surface area contributed by atoms with Crippen LogP contribution in [0.4, 0.5) is 4.39 Å². The van der Waals surface area contributed by atoms with E-state index in [1.165, 1.54) is 34.4 Å². The minimum Gasteiger partial charge on any atom is -0.294 e. The van der Waals surface area contributed by atoms with Crippen LogP contribution in [0.5, 0.6) is 0 Å². The van der Waals surface area contributed by atoms with E-state index in [0.29, 0.717) is 0 Å². The molecule has 0 spiro atoms. The number of fused-ring (bicyclic) bond motifs is 1. The van der Waals surface area contributed by atoms with Gasteiger partial charge in [-0.3, -0.25) is 4.90 Å². The van der Waals surface area contributed by atoms with Crippen molar-refractivity contribution < 1.29 is 4.39 Å². The van der Waals surface area contributed by atoms with Gasteiger partial charge in [0.15, 0.2) is 0 Å². The van der Waals surface area contributed by atoms with Gasteiger partial charge in [-0.1, -0.05) is 35.9 Å². The van der Waals surface area contributed by atoms with Crippen molar-refractivity contribution in [2.45, 2.75) is 26.4 Å². The van der Waals surface area contributed by atoms with Crippen molar-refractivity contribution in [3.63, 3.8) is 0 Å². The molecule has 19 heavy (non-hydrogen) atoms. The quantitative estimate of drug-likeness (QED) is 0.791. The molecule has 2 aromatic rings. The molecule has 0 N–H and O–H groups in total. The van der Waals surface area contributed by atoms with Gasteiger partial charge in [-0.05, 0) is 42.2 Å². The first kappa shape index (κ1) is 12.4. The van der Waals surface area contributed by atoms with Crippen LogP contribution in [-0.4, -0.2) is 11.4 Å². The minimum atomic E-state index is -0.164. The molecule has 0 unspecified atom stereocenters. The lowest BCUT2D eigenvalue weighted by molar-refractivity contribution is 0.245. The Balaban J connectivity index is 1.73. The van der Waals surface area contributed by atoms with Gasteiger partial charge in [0.2, 0.25) is 0 Å². The lowest BCUT2D eigenvalue weighted by Gasteiger charge is -2.29. The third-order valence-corrected chi connectivity index (χ3v) is 3.77. The van der Waals surface area contributed by atoms with E-state index < -0.39 is 0 Å². The minimum absolute atomic E-state index is 0.164. The van der Waals surface area contributed by atoms with E-state index in [1.54, 1.807) is 0 Å². The second kappa shape index (κ2) is 5.14. The maximum absolute atomic E-state index is 12.9. The Hall–Kier alpha value is -1.67. The molecule has 2 aromatic carbocycles. The number of hydrogen-bond donors (Lipinski definition) is 0. The summed E-state index contributed by atoms with van der Waals surface area (Å²) in [5, 5.41) is 0. The fourth-order valence-electron chi connectivity index (χ4n) is 2.73. The van der Waals surface area contributed by atoms with Gasteiger partial charge in [-0.2, -0.15) is 0 Å². The smallest absolute Gasteiger partial charge is 0.123 e. The summed E-state index contributed by atoms with van der Waals surface area (Å²) < 4.78 is 12.9. The van der Waals surface area contributed by atoms with E-state index in [9.17, 15) is 4.39 Å². The predicted molar refractivity (Wildman–Crippen MR) is 75.4 cm³/mol. The standard InChI is InChI=1S/C17H18FN/c1-13-2-5-15-8-9-19(12-16(15)10-13)11-14-3-6-17(18)7-4-14/h2-7,10H,8-9,11-12H2,1H3. The van der Waals surface area contributed by atoms with Gasteiger partial charge in [-0.25, -0.2) is 4.39 Å². The molecule has 0 bridgehead atoms. The largest absolute Gasteiger partial charge is 0.294 e. The molecule has 2 heteroatoms. The third kappa shape index (κ3) is 2.85. The second-order valence-corrected chi connectivity index (χ2v) is 5.36. The number of benzene rings is 2. The summed E-state index contributed by atoms with van der Waals surface area (Å²) in [6.45, 7) is 5.11. The molecule has 0 amide bonds. The molecule has 0 saturated carbocycles. The summed E-state index contributed by atoms with van der Waals surface area (Å²) in [6.07, 6.45) is 1.11. The molecule has 0 radical (unpaired) electrons. The number of nitrogens with zero attached hydrogens (tertiary/aromatic N) is 1. The van der Waals surface area contributed by atoms with Crippen LogP contribution in [0.2, 0.25) is 0 Å². The van der Waals surface area contributed by atoms with E-state index in [1.807, 2.05) is 12.1 Å². The van der Waals surface area contributed by atoms with Gasteiger partial charge in [0.25, 0.3) is 0 Å². The van der Waals surface area contributed by atoms with Crippen LogP contribution in [-0.2, 0) is 19.5 Å². The van der Waals surface area contributed by atoms with Gasteiger partial charge in [-0.15, -0.1) is 0 Å². The zero-order chi connectivity index (χ0) is 13.2. The maximum Gasteiger partial charge on any atom is 0.123 e. The van der Waals surface area contributed by atoms with Crippen molar-refractivity contribution in [2.24, 2.45) is 0 Å². The Morgan fingerprint density at radius 2 is 1.84 bits per heavy atom. The molecule has 0 aliphatic carbocycles. The number of halogens is 1. The summed E-state index contributed by atoms with van der Waals surface area (Å²) in [5.41, 5.74) is 5.41. The Kier molecular flexibility index (Phi) is 3.34. The second-order valence-electron chi connectivity index (χ2n) is 5.36. The number of aryl methyl sites for hydroxylation is 1. The van der Waals surface area contributed by atoms with E-state index in [2.05, 4.69) is 30.0 Å². The molecule has 1 nitrogen and oxygen atoms in total. The molecule has 1 heterocycles. The van der Waals surface area contributed by atoms with Gasteiger partial charge in [0.1, 0.15) is 5.82 Å². The molecule has 0 fully saturated rings. The normalized spacial score (nSPS) is 15.3. The first-order chi connectivity index (χ1) is 9.20. The Bertz CT molecular complexity index is 574. The van der Waals surface area contributed by atoms with E-state index >= 15 is 0 Å². The monoisotopic (exact) mass is 255 g/mol. The number of hydrogen-bond acceptors (Lipinski definition) is 1. The van der Waals surface area contributed by atoms with Crippen molar-refractivity contribution >= 4 is 0 Å². The van der Waals surface area contributed by atoms with E-state index in [-0.39, 0.29) is 5.82 Å². The van der Waals surface area contributed by atoms with Crippen LogP contribution in [0.25, 0.3) is 0 Å². The van der Waals surface area contributed by atoms with E-state index in [4.69, 9.17) is 0 Å². The summed E-state index contributed by atoms with van der Waals surface area (Å²) >= 11 is 0. The maximum atomic E-state index is 12.9. The fraction of sp³-hybridized carbons (Fsp3) is 0.294. The van der Waals surface area contributed by atoms with Crippen molar-refractivity contribution in [2.75, 3.05) is 6.54 Å². The number of rotatable bonds is 2. The summed E-state index contributed by atoms with van der Waals surface area (Å²) in [5.74, 6) is -0.164. The van der Waals surface area contributed by atoms with Gasteiger partial charge >= 0.3 is 0 Å². The van der Waals surface area contributed by atoms with Crippen molar-refractivity contribution in [1.29, 1.82) is 0 Å². The molecule has 3 rings (SSSR count). The topological polar surface area (TPSA) is 3.24 Å². The highest BCUT2D eigenvalue weighted by Gasteiger charge is 2.16. The van der Waals surface area contributed by atoms with Crippen LogP contribution in [0.1, 0.15) is 22.3 Å². The zero-order valence-electron chi connectivity index (χ0n) is 11.2. The molecule has 1 aliphatic rings. The average molecular weight is 255 g/mol. The van der Waals surface area contributed by atoms with Crippen LogP contribution < -0.4 is 0 Å². The summed E-state index contributed by atoms with van der Waals surface area (Å²) in [6, 6.07) is 13.6. The van der Waals surface area contributed by atoms with Gasteiger partial charge < -0.3 is 0 Å².